The first kappa shape index (κ1) is 28.7. The fraction of sp³-hybridized carbons (Fsp3) is 0.333. The first-order valence-corrected chi connectivity index (χ1v) is 12.8. The minimum Gasteiger partial charge on any atom is -0.508 e. The van der Waals surface area contributed by atoms with Crippen molar-refractivity contribution in [3.8, 4) is 11.5 Å². The summed E-state index contributed by atoms with van der Waals surface area (Å²) >= 11 is 0. The van der Waals surface area contributed by atoms with Gasteiger partial charge < -0.3 is 30.9 Å². The Bertz CT molecular complexity index is 1210. The molecule has 202 valence electrons. The molecule has 38 heavy (non-hydrogen) atoms. The van der Waals surface area contributed by atoms with Gasteiger partial charge in [0.1, 0.15) is 11.5 Å². The molecule has 8 nitrogen and oxygen atoms in total. The summed E-state index contributed by atoms with van der Waals surface area (Å²) in [5.74, 6) is 0.285. The van der Waals surface area contributed by atoms with Crippen molar-refractivity contribution < 1.29 is 24.5 Å². The van der Waals surface area contributed by atoms with Gasteiger partial charge in [-0.05, 0) is 78.9 Å². The van der Waals surface area contributed by atoms with E-state index in [2.05, 4.69) is 16.0 Å². The van der Waals surface area contributed by atoms with Crippen molar-refractivity contribution in [3.05, 3.63) is 94.5 Å². The number of phenolic OH excluding ortho intramolecular Hbond substituents is 1. The molecule has 2 amide bonds. The number of aliphatic hydroxyl groups is 1. The maximum atomic E-state index is 13.3. The van der Waals surface area contributed by atoms with E-state index in [-0.39, 0.29) is 24.1 Å². The number of ether oxygens (including phenoxy) is 1. The highest BCUT2D eigenvalue weighted by molar-refractivity contribution is 6.00. The molecule has 0 aromatic heterocycles. The molecule has 0 radical (unpaired) electrons. The summed E-state index contributed by atoms with van der Waals surface area (Å²) in [7, 11) is 1.61. The highest BCUT2D eigenvalue weighted by Gasteiger charge is 2.23. The lowest BCUT2D eigenvalue weighted by atomic mass is 9.99. The van der Waals surface area contributed by atoms with Crippen LogP contribution in [-0.4, -0.2) is 54.4 Å². The van der Waals surface area contributed by atoms with Crippen molar-refractivity contribution in [1.29, 1.82) is 0 Å². The number of methoxy groups -OCH3 is 1. The monoisotopic (exact) mass is 519 g/mol. The van der Waals surface area contributed by atoms with Gasteiger partial charge in [-0.15, -0.1) is 0 Å². The number of aromatic hydroxyl groups is 1. The van der Waals surface area contributed by atoms with Gasteiger partial charge in [-0.2, -0.15) is 0 Å². The maximum absolute atomic E-state index is 13.3. The van der Waals surface area contributed by atoms with Crippen molar-refractivity contribution in [3.63, 3.8) is 0 Å². The average molecular weight is 520 g/mol. The van der Waals surface area contributed by atoms with E-state index in [1.807, 2.05) is 38.1 Å². The Balaban J connectivity index is 1.73. The molecule has 3 aromatic rings. The van der Waals surface area contributed by atoms with Gasteiger partial charge in [0.05, 0.1) is 19.3 Å². The summed E-state index contributed by atoms with van der Waals surface area (Å²) in [4.78, 5) is 25.8. The molecule has 0 bridgehead atoms. The molecule has 0 aliphatic carbocycles. The summed E-state index contributed by atoms with van der Waals surface area (Å²) in [5.41, 5.74) is 3.40. The standard InChI is InChI=1S/C30H37N3O5/c1-4-12-32-29(36)23-13-20(2)14-24(17-23)30(37)33-27(16-21-8-10-25(34)11-9-21)28(35)19-31-18-22-6-5-7-26(15-22)38-3/h5-11,13-15,17,27-28,31,34-35H,4,12,16,18-19H2,1-3H3,(H,32,36)(H,33,37)/t27-,28?/m0/s1. The van der Waals surface area contributed by atoms with E-state index >= 15 is 0 Å². The SMILES string of the molecule is CCCNC(=O)c1cc(C)cc(C(=O)N[C@@H](Cc2ccc(O)cc2)C(O)CNCc2cccc(OC)c2)c1. The van der Waals surface area contributed by atoms with Crippen LogP contribution >= 0.6 is 0 Å². The number of hydrogen-bond donors (Lipinski definition) is 5. The number of rotatable bonds is 13. The van der Waals surface area contributed by atoms with Gasteiger partial charge in [-0.1, -0.05) is 31.2 Å². The van der Waals surface area contributed by atoms with E-state index in [1.165, 1.54) is 0 Å². The summed E-state index contributed by atoms with van der Waals surface area (Å²) in [5, 5.41) is 29.7. The molecule has 3 aromatic carbocycles. The summed E-state index contributed by atoms with van der Waals surface area (Å²) in [6, 6.07) is 18.7. The molecule has 0 aliphatic heterocycles. The Labute approximate surface area is 224 Å². The third kappa shape index (κ3) is 8.61. The zero-order chi connectivity index (χ0) is 27.5. The Hall–Kier alpha value is -3.88. The van der Waals surface area contributed by atoms with Crippen LogP contribution in [0.1, 0.15) is 50.8 Å². The van der Waals surface area contributed by atoms with Gasteiger partial charge in [-0.3, -0.25) is 9.59 Å². The van der Waals surface area contributed by atoms with Gasteiger partial charge in [0.25, 0.3) is 11.8 Å². The van der Waals surface area contributed by atoms with Crippen LogP contribution in [0.3, 0.4) is 0 Å². The predicted molar refractivity (Wildman–Crippen MR) is 148 cm³/mol. The van der Waals surface area contributed by atoms with Crippen LogP contribution in [0.15, 0.2) is 66.7 Å². The minimum atomic E-state index is -0.907. The predicted octanol–water partition coefficient (Wildman–Crippen LogP) is 3.34. The second-order valence-corrected chi connectivity index (χ2v) is 9.34. The van der Waals surface area contributed by atoms with Crippen molar-refractivity contribution in [2.45, 2.75) is 45.4 Å². The molecule has 2 atom stereocenters. The molecule has 0 aliphatic rings. The van der Waals surface area contributed by atoms with Crippen molar-refractivity contribution in [1.82, 2.24) is 16.0 Å². The van der Waals surface area contributed by atoms with Gasteiger partial charge in [0, 0.05) is 30.8 Å². The van der Waals surface area contributed by atoms with Crippen LogP contribution in [0, 0.1) is 6.92 Å². The number of carbonyl (C=O) groups excluding carboxylic acids is 2. The van der Waals surface area contributed by atoms with Gasteiger partial charge >= 0.3 is 0 Å². The molecule has 0 saturated heterocycles. The molecule has 0 saturated carbocycles. The van der Waals surface area contributed by atoms with Gasteiger partial charge in [0.15, 0.2) is 0 Å². The lowest BCUT2D eigenvalue weighted by molar-refractivity contribution is 0.0829. The molecule has 1 unspecified atom stereocenters. The van der Waals surface area contributed by atoms with Crippen LogP contribution < -0.4 is 20.7 Å². The Kier molecular flexibility index (Phi) is 10.7. The highest BCUT2D eigenvalue weighted by atomic mass is 16.5. The third-order valence-corrected chi connectivity index (χ3v) is 6.13. The van der Waals surface area contributed by atoms with E-state index in [9.17, 15) is 19.8 Å². The second-order valence-electron chi connectivity index (χ2n) is 9.34. The van der Waals surface area contributed by atoms with E-state index in [0.29, 0.717) is 30.6 Å². The van der Waals surface area contributed by atoms with Crippen LogP contribution in [0.25, 0.3) is 0 Å². The number of amides is 2. The van der Waals surface area contributed by atoms with E-state index < -0.39 is 12.1 Å². The normalized spacial score (nSPS) is 12.4. The van der Waals surface area contributed by atoms with E-state index in [0.717, 1.165) is 28.9 Å². The molecular formula is C30H37N3O5. The average Bonchev–Trinajstić information content (AvgIpc) is 2.92. The Morgan fingerprint density at radius 1 is 0.947 bits per heavy atom. The molecule has 0 spiro atoms. The summed E-state index contributed by atoms with van der Waals surface area (Å²) < 4.78 is 5.26. The van der Waals surface area contributed by atoms with Crippen LogP contribution in [0.2, 0.25) is 0 Å². The Morgan fingerprint density at radius 2 is 1.66 bits per heavy atom. The number of phenols is 1. The fourth-order valence-electron chi connectivity index (χ4n) is 4.10. The first-order chi connectivity index (χ1) is 18.3. The molecule has 0 heterocycles. The third-order valence-electron chi connectivity index (χ3n) is 6.13. The molecule has 8 heteroatoms. The van der Waals surface area contributed by atoms with Gasteiger partial charge in [0.2, 0.25) is 0 Å². The molecule has 0 fully saturated rings. The van der Waals surface area contributed by atoms with E-state index in [1.54, 1.807) is 49.6 Å². The van der Waals surface area contributed by atoms with E-state index in [4.69, 9.17) is 4.74 Å². The largest absolute Gasteiger partial charge is 0.508 e. The number of aryl methyl sites for hydroxylation is 1. The smallest absolute Gasteiger partial charge is 0.251 e. The van der Waals surface area contributed by atoms with Crippen molar-refractivity contribution >= 4 is 11.8 Å². The number of nitrogens with one attached hydrogen (secondary N) is 3. The molecular weight excluding hydrogens is 482 g/mol. The number of hydrogen-bond acceptors (Lipinski definition) is 6. The lowest BCUT2D eigenvalue weighted by Gasteiger charge is -2.25. The highest BCUT2D eigenvalue weighted by Crippen LogP contribution is 2.16. The summed E-state index contributed by atoms with van der Waals surface area (Å²) in [6.45, 7) is 5.11. The molecule has 5 N–H and O–H groups in total. The number of aliphatic hydroxyl groups excluding tert-OH is 1. The number of carbonyl (C=O) groups is 2. The van der Waals surface area contributed by atoms with Crippen LogP contribution in [0.5, 0.6) is 11.5 Å². The first-order valence-electron chi connectivity index (χ1n) is 12.8. The number of benzene rings is 3. The topological polar surface area (TPSA) is 120 Å². The zero-order valence-electron chi connectivity index (χ0n) is 22.2. The van der Waals surface area contributed by atoms with Crippen molar-refractivity contribution in [2.24, 2.45) is 0 Å². The van der Waals surface area contributed by atoms with Gasteiger partial charge in [-0.25, -0.2) is 0 Å². The minimum absolute atomic E-state index is 0.142. The molecule has 3 rings (SSSR count). The van der Waals surface area contributed by atoms with Crippen LogP contribution in [0.4, 0.5) is 0 Å². The zero-order valence-corrected chi connectivity index (χ0v) is 22.2. The quantitative estimate of drug-likeness (QED) is 0.236. The van der Waals surface area contributed by atoms with Crippen molar-refractivity contribution in [2.75, 3.05) is 20.2 Å². The fourth-order valence-corrected chi connectivity index (χ4v) is 4.10. The van der Waals surface area contributed by atoms with Crippen LogP contribution in [-0.2, 0) is 13.0 Å². The lowest BCUT2D eigenvalue weighted by Crippen LogP contribution is -2.48. The maximum Gasteiger partial charge on any atom is 0.251 e. The second kappa shape index (κ2) is 14.2. The Morgan fingerprint density at radius 3 is 2.34 bits per heavy atom. The summed E-state index contributed by atoms with van der Waals surface area (Å²) in [6.07, 6.45) is 0.257.